The molecule has 13 heavy (non-hydrogen) atoms. The highest BCUT2D eigenvalue weighted by atomic mass is 32.1. The molecule has 3 nitrogen and oxygen atoms in total. The first kappa shape index (κ1) is 12.6. The van der Waals surface area contributed by atoms with E-state index in [2.05, 4.69) is 12.6 Å². The second kappa shape index (κ2) is 4.74. The predicted octanol–water partition coefficient (Wildman–Crippen LogP) is 2.17. The van der Waals surface area contributed by atoms with Crippen molar-refractivity contribution in [1.82, 2.24) is 4.90 Å². The summed E-state index contributed by atoms with van der Waals surface area (Å²) in [6.07, 6.45) is -0.297. The summed E-state index contributed by atoms with van der Waals surface area (Å²) in [4.78, 5) is 13.0. The Morgan fingerprint density at radius 3 is 2.31 bits per heavy atom. The van der Waals surface area contributed by atoms with Crippen LogP contribution in [0.25, 0.3) is 0 Å². The van der Waals surface area contributed by atoms with Gasteiger partial charge in [0.25, 0.3) is 0 Å². The third-order valence-electron chi connectivity index (χ3n) is 1.61. The minimum absolute atomic E-state index is 0.0955. The van der Waals surface area contributed by atoms with Crippen LogP contribution in [-0.2, 0) is 4.74 Å². The molecule has 0 bridgehead atoms. The molecule has 0 fully saturated rings. The standard InChI is InChI=1S/C9H19NO2S/c1-7(6-13)10(5)8(11)12-9(2,3)4/h7,13H,6H2,1-5H3. The Morgan fingerprint density at radius 2 is 2.00 bits per heavy atom. The average Bonchev–Trinajstić information content (AvgIpc) is 1.98. The van der Waals surface area contributed by atoms with Crippen molar-refractivity contribution in [2.75, 3.05) is 12.8 Å². The third-order valence-corrected chi connectivity index (χ3v) is 2.14. The van der Waals surface area contributed by atoms with Gasteiger partial charge in [0.15, 0.2) is 0 Å². The van der Waals surface area contributed by atoms with E-state index in [4.69, 9.17) is 4.74 Å². The van der Waals surface area contributed by atoms with Gasteiger partial charge in [-0.05, 0) is 27.7 Å². The van der Waals surface area contributed by atoms with Crippen LogP contribution in [0.4, 0.5) is 4.79 Å². The first-order valence-corrected chi connectivity index (χ1v) is 4.98. The molecule has 0 N–H and O–H groups in total. The van der Waals surface area contributed by atoms with E-state index in [1.165, 1.54) is 0 Å². The fourth-order valence-electron chi connectivity index (χ4n) is 0.636. The molecule has 0 radical (unpaired) electrons. The zero-order chi connectivity index (χ0) is 10.6. The molecular formula is C9H19NO2S. The maximum absolute atomic E-state index is 11.4. The number of hydrogen-bond acceptors (Lipinski definition) is 3. The minimum Gasteiger partial charge on any atom is -0.444 e. The quantitative estimate of drug-likeness (QED) is 0.700. The van der Waals surface area contributed by atoms with Gasteiger partial charge >= 0.3 is 6.09 Å². The molecule has 0 aromatic heterocycles. The van der Waals surface area contributed by atoms with Crippen molar-refractivity contribution >= 4 is 18.7 Å². The number of rotatable bonds is 2. The van der Waals surface area contributed by atoms with Gasteiger partial charge in [0.05, 0.1) is 0 Å². The number of thiol groups is 1. The maximum Gasteiger partial charge on any atom is 0.410 e. The Balaban J connectivity index is 4.12. The zero-order valence-electron chi connectivity index (χ0n) is 9.00. The van der Waals surface area contributed by atoms with Gasteiger partial charge in [0.1, 0.15) is 5.60 Å². The number of carbonyl (C=O) groups is 1. The van der Waals surface area contributed by atoms with Crippen LogP contribution in [0.3, 0.4) is 0 Å². The molecule has 0 aromatic rings. The van der Waals surface area contributed by atoms with Crippen molar-refractivity contribution in [3.8, 4) is 0 Å². The monoisotopic (exact) mass is 205 g/mol. The molecule has 4 heteroatoms. The van der Waals surface area contributed by atoms with Crippen LogP contribution < -0.4 is 0 Å². The highest BCUT2D eigenvalue weighted by molar-refractivity contribution is 7.80. The molecule has 0 saturated heterocycles. The summed E-state index contributed by atoms with van der Waals surface area (Å²) in [7, 11) is 1.72. The second-order valence-electron chi connectivity index (χ2n) is 4.12. The maximum atomic E-state index is 11.4. The number of nitrogens with zero attached hydrogens (tertiary/aromatic N) is 1. The Bertz CT molecular complexity index is 177. The summed E-state index contributed by atoms with van der Waals surface area (Å²) >= 11 is 4.11. The molecule has 0 rings (SSSR count). The molecule has 0 spiro atoms. The number of carbonyl (C=O) groups excluding carboxylic acids is 1. The van der Waals surface area contributed by atoms with E-state index in [1.807, 2.05) is 27.7 Å². The van der Waals surface area contributed by atoms with E-state index in [0.717, 1.165) is 0 Å². The first-order valence-electron chi connectivity index (χ1n) is 4.34. The molecule has 0 aliphatic heterocycles. The van der Waals surface area contributed by atoms with Crippen molar-refractivity contribution in [2.24, 2.45) is 0 Å². The number of hydrogen-bond donors (Lipinski definition) is 1. The number of ether oxygens (including phenoxy) is 1. The fraction of sp³-hybridized carbons (Fsp3) is 0.889. The van der Waals surface area contributed by atoms with Crippen molar-refractivity contribution in [3.63, 3.8) is 0 Å². The molecule has 0 aliphatic rings. The van der Waals surface area contributed by atoms with Crippen LogP contribution >= 0.6 is 12.6 Å². The lowest BCUT2D eigenvalue weighted by atomic mass is 10.2. The minimum atomic E-state index is -0.429. The van der Waals surface area contributed by atoms with Crippen LogP contribution in [0, 0.1) is 0 Å². The molecule has 0 aromatic carbocycles. The number of amides is 1. The van der Waals surface area contributed by atoms with Crippen molar-refractivity contribution in [3.05, 3.63) is 0 Å². The van der Waals surface area contributed by atoms with Crippen LogP contribution in [0.1, 0.15) is 27.7 Å². The van der Waals surface area contributed by atoms with Gasteiger partial charge in [-0.25, -0.2) is 4.79 Å². The predicted molar refractivity (Wildman–Crippen MR) is 57.3 cm³/mol. The SMILES string of the molecule is CC(CS)N(C)C(=O)OC(C)(C)C. The lowest BCUT2D eigenvalue weighted by molar-refractivity contribution is 0.0252. The van der Waals surface area contributed by atoms with Gasteiger partial charge in [-0.2, -0.15) is 12.6 Å². The Kier molecular flexibility index (Phi) is 4.61. The summed E-state index contributed by atoms with van der Waals surface area (Å²) in [6.45, 7) is 7.48. The van der Waals surface area contributed by atoms with Gasteiger partial charge in [0, 0.05) is 18.8 Å². The smallest absolute Gasteiger partial charge is 0.410 e. The van der Waals surface area contributed by atoms with Gasteiger partial charge in [-0.1, -0.05) is 0 Å². The van der Waals surface area contributed by atoms with Gasteiger partial charge in [-0.15, -0.1) is 0 Å². The first-order chi connectivity index (χ1) is 5.78. The summed E-state index contributed by atoms with van der Waals surface area (Å²) < 4.78 is 5.18. The van der Waals surface area contributed by atoms with E-state index in [0.29, 0.717) is 5.75 Å². The molecule has 1 unspecified atom stereocenters. The lowest BCUT2D eigenvalue weighted by Crippen LogP contribution is -2.40. The fourth-order valence-corrected chi connectivity index (χ4v) is 0.881. The van der Waals surface area contributed by atoms with Crippen molar-refractivity contribution in [1.29, 1.82) is 0 Å². The van der Waals surface area contributed by atoms with Gasteiger partial charge < -0.3 is 9.64 Å². The Morgan fingerprint density at radius 1 is 1.54 bits per heavy atom. The third kappa shape index (κ3) is 5.03. The molecule has 1 atom stereocenters. The van der Waals surface area contributed by atoms with E-state index < -0.39 is 5.60 Å². The summed E-state index contributed by atoms with van der Waals surface area (Å²) in [6, 6.07) is 0.0955. The van der Waals surface area contributed by atoms with E-state index >= 15 is 0 Å². The largest absolute Gasteiger partial charge is 0.444 e. The highest BCUT2D eigenvalue weighted by Gasteiger charge is 2.21. The lowest BCUT2D eigenvalue weighted by Gasteiger charge is -2.27. The van der Waals surface area contributed by atoms with Gasteiger partial charge in [0.2, 0.25) is 0 Å². The molecule has 0 heterocycles. The van der Waals surface area contributed by atoms with Crippen molar-refractivity contribution < 1.29 is 9.53 Å². The molecular weight excluding hydrogens is 186 g/mol. The van der Waals surface area contributed by atoms with Crippen LogP contribution in [-0.4, -0.2) is 35.4 Å². The molecule has 78 valence electrons. The van der Waals surface area contributed by atoms with E-state index in [1.54, 1.807) is 11.9 Å². The van der Waals surface area contributed by atoms with Crippen LogP contribution in [0.15, 0.2) is 0 Å². The van der Waals surface area contributed by atoms with E-state index in [-0.39, 0.29) is 12.1 Å². The average molecular weight is 205 g/mol. The summed E-state index contributed by atoms with van der Waals surface area (Å²) in [5, 5.41) is 0. The van der Waals surface area contributed by atoms with Crippen molar-refractivity contribution in [2.45, 2.75) is 39.3 Å². The van der Waals surface area contributed by atoms with Crippen LogP contribution in [0.2, 0.25) is 0 Å². The molecule has 1 amide bonds. The molecule has 0 saturated carbocycles. The topological polar surface area (TPSA) is 29.5 Å². The Hall–Kier alpha value is -0.380. The zero-order valence-corrected chi connectivity index (χ0v) is 9.89. The second-order valence-corrected chi connectivity index (χ2v) is 4.49. The Labute approximate surface area is 85.8 Å². The van der Waals surface area contributed by atoms with Crippen LogP contribution in [0.5, 0.6) is 0 Å². The van der Waals surface area contributed by atoms with Gasteiger partial charge in [-0.3, -0.25) is 0 Å². The summed E-state index contributed by atoms with van der Waals surface area (Å²) in [5.41, 5.74) is -0.429. The normalized spacial score (nSPS) is 13.7. The van der Waals surface area contributed by atoms with E-state index in [9.17, 15) is 4.79 Å². The molecule has 0 aliphatic carbocycles. The summed E-state index contributed by atoms with van der Waals surface area (Å²) in [5.74, 6) is 0.635. The highest BCUT2D eigenvalue weighted by Crippen LogP contribution is 2.10.